The molecule has 0 fully saturated rings. The van der Waals surface area contributed by atoms with Gasteiger partial charge in [0, 0.05) is 29.7 Å². The summed E-state index contributed by atoms with van der Waals surface area (Å²) < 4.78 is 23.2. The average Bonchev–Trinajstić information content (AvgIpc) is 2.89. The smallest absolute Gasteiger partial charge is 0.303 e. The van der Waals surface area contributed by atoms with Crippen LogP contribution in [0.4, 0.5) is 5.13 Å². The summed E-state index contributed by atoms with van der Waals surface area (Å²) in [5.74, 6) is 0.135. The highest BCUT2D eigenvalue weighted by atomic mass is 32.2. The first-order valence-corrected chi connectivity index (χ1v) is 10.3. The molecule has 1 aromatic heterocycles. The first-order chi connectivity index (χ1) is 11.5. The molecule has 0 unspecified atom stereocenters. The number of nitrogens with two attached hydrogens (primary N) is 2. The number of hydrogen-bond acceptors (Lipinski definition) is 8. The molecule has 0 radical (unpaired) electrons. The quantitative estimate of drug-likeness (QED) is 0.179. The largest absolute Gasteiger partial charge is 0.481 e. The van der Waals surface area contributed by atoms with E-state index >= 15 is 0 Å². The molecule has 0 saturated carbocycles. The summed E-state index contributed by atoms with van der Waals surface area (Å²) in [5, 5.41) is 31.9. The van der Waals surface area contributed by atoms with Crippen LogP contribution in [-0.2, 0) is 20.8 Å². The van der Waals surface area contributed by atoms with E-state index in [1.807, 2.05) is 10.1 Å². The van der Waals surface area contributed by atoms with Crippen LogP contribution in [0.15, 0.2) is 5.38 Å². The Hall–Kier alpha value is -1.90. The molecule has 0 saturated heterocycles. The summed E-state index contributed by atoms with van der Waals surface area (Å²) in [5.41, 5.74) is 6.01. The SMILES string of the molecule is CCC(=O)O.N=C(N)Nc1nc(CSCCC(=N)NS(N)(=O)=O)cs1. The van der Waals surface area contributed by atoms with Gasteiger partial charge >= 0.3 is 5.97 Å². The molecule has 0 aromatic carbocycles. The fourth-order valence-electron chi connectivity index (χ4n) is 1.12. The number of carboxylic acid groups (broad SMARTS) is 1. The fourth-order valence-corrected chi connectivity index (χ4v) is 3.24. The summed E-state index contributed by atoms with van der Waals surface area (Å²) in [6.07, 6.45) is 0.490. The van der Waals surface area contributed by atoms with Crippen LogP contribution in [0.3, 0.4) is 0 Å². The zero-order valence-electron chi connectivity index (χ0n) is 13.4. The van der Waals surface area contributed by atoms with Crippen molar-refractivity contribution < 1.29 is 18.3 Å². The van der Waals surface area contributed by atoms with Gasteiger partial charge in [0.25, 0.3) is 10.2 Å². The summed E-state index contributed by atoms with van der Waals surface area (Å²) in [6.45, 7) is 1.60. The van der Waals surface area contributed by atoms with Crippen molar-refractivity contribution in [2.24, 2.45) is 10.9 Å². The number of thioether (sulfide) groups is 1. The van der Waals surface area contributed by atoms with Crippen molar-refractivity contribution in [2.45, 2.75) is 25.5 Å². The second-order valence-corrected chi connectivity index (χ2v) is 7.62. The predicted octanol–water partition coefficient (Wildman–Crippen LogP) is 0.323. The zero-order valence-corrected chi connectivity index (χ0v) is 15.9. The molecule has 0 aliphatic heterocycles. The molecule has 142 valence electrons. The van der Waals surface area contributed by atoms with Crippen LogP contribution in [0.5, 0.6) is 0 Å². The van der Waals surface area contributed by atoms with Gasteiger partial charge in [-0.05, 0) is 0 Å². The maximum atomic E-state index is 10.7. The van der Waals surface area contributed by atoms with Crippen LogP contribution >= 0.6 is 23.1 Å². The van der Waals surface area contributed by atoms with E-state index in [2.05, 4.69) is 10.3 Å². The number of amidine groups is 1. The Morgan fingerprint density at radius 1 is 1.48 bits per heavy atom. The van der Waals surface area contributed by atoms with Crippen LogP contribution in [0.25, 0.3) is 0 Å². The molecule has 25 heavy (non-hydrogen) atoms. The number of guanidine groups is 1. The Labute approximate surface area is 153 Å². The molecule has 0 spiro atoms. The number of aromatic nitrogens is 1. The Morgan fingerprint density at radius 3 is 2.56 bits per heavy atom. The number of nitrogens with one attached hydrogen (secondary N) is 4. The van der Waals surface area contributed by atoms with Gasteiger partial charge in [0.05, 0.1) is 5.69 Å². The van der Waals surface area contributed by atoms with Crippen molar-refractivity contribution in [3.05, 3.63) is 11.1 Å². The van der Waals surface area contributed by atoms with Crippen molar-refractivity contribution in [1.29, 1.82) is 10.8 Å². The minimum absolute atomic E-state index is 0.141. The minimum Gasteiger partial charge on any atom is -0.481 e. The standard InChI is InChI=1S/C8H15N7O2S3.C3H6O2/c9-6(15-20(12,16)17)1-2-18-3-5-4-19-8(13-5)14-7(10)11;1-2-3(4)5/h4H,1-3H2,(H2,9,15)(H2,12,16,17)(H4,10,11,13,14);2H2,1H3,(H,4,5). The summed E-state index contributed by atoms with van der Waals surface area (Å²) >= 11 is 2.85. The Kier molecular flexibility index (Phi) is 10.7. The molecule has 0 aliphatic rings. The van der Waals surface area contributed by atoms with Crippen LogP contribution in [-0.4, -0.2) is 42.0 Å². The van der Waals surface area contributed by atoms with Crippen LogP contribution in [0.1, 0.15) is 25.5 Å². The number of rotatable bonds is 8. The predicted molar refractivity (Wildman–Crippen MR) is 100 cm³/mol. The van der Waals surface area contributed by atoms with Gasteiger partial charge in [-0.1, -0.05) is 6.92 Å². The van der Waals surface area contributed by atoms with E-state index in [0.717, 1.165) is 5.69 Å². The number of carbonyl (C=O) groups is 1. The molecule has 9 N–H and O–H groups in total. The molecule has 0 atom stereocenters. The van der Waals surface area contributed by atoms with E-state index in [1.165, 1.54) is 23.1 Å². The average molecular weight is 412 g/mol. The van der Waals surface area contributed by atoms with Crippen molar-refractivity contribution in [3.8, 4) is 0 Å². The van der Waals surface area contributed by atoms with Gasteiger partial charge < -0.3 is 16.2 Å². The Morgan fingerprint density at radius 2 is 2.08 bits per heavy atom. The number of carboxylic acids is 1. The Balaban J connectivity index is 0.00000101. The molecule has 1 heterocycles. The monoisotopic (exact) mass is 411 g/mol. The number of hydrogen-bond donors (Lipinski definition) is 7. The highest BCUT2D eigenvalue weighted by molar-refractivity contribution is 7.98. The lowest BCUT2D eigenvalue weighted by atomic mass is 10.5. The number of nitrogens with zero attached hydrogens (tertiary/aromatic N) is 1. The molecule has 1 aromatic rings. The van der Waals surface area contributed by atoms with Gasteiger partial charge in [-0.15, -0.1) is 11.3 Å². The lowest BCUT2D eigenvalue weighted by Crippen LogP contribution is -2.35. The normalized spacial score (nSPS) is 10.3. The minimum atomic E-state index is -3.86. The van der Waals surface area contributed by atoms with Crippen molar-refractivity contribution in [1.82, 2.24) is 9.71 Å². The lowest BCUT2D eigenvalue weighted by molar-refractivity contribution is -0.136. The van der Waals surface area contributed by atoms with Gasteiger partial charge in [0.15, 0.2) is 11.1 Å². The number of thiazole rings is 1. The first-order valence-electron chi connectivity index (χ1n) is 6.76. The van der Waals surface area contributed by atoms with Gasteiger partial charge in [-0.2, -0.15) is 20.2 Å². The van der Waals surface area contributed by atoms with E-state index in [9.17, 15) is 13.2 Å². The highest BCUT2D eigenvalue weighted by Crippen LogP contribution is 2.19. The van der Waals surface area contributed by atoms with Crippen LogP contribution < -0.4 is 20.9 Å². The van der Waals surface area contributed by atoms with E-state index in [4.69, 9.17) is 26.8 Å². The molecule has 0 aliphatic carbocycles. The van der Waals surface area contributed by atoms with Crippen LogP contribution in [0, 0.1) is 10.8 Å². The molecular weight excluding hydrogens is 390 g/mol. The third kappa shape index (κ3) is 14.2. The second kappa shape index (κ2) is 11.6. The second-order valence-electron chi connectivity index (χ2n) is 4.36. The van der Waals surface area contributed by atoms with E-state index in [1.54, 1.807) is 6.92 Å². The molecular formula is C11H21N7O4S3. The lowest BCUT2D eigenvalue weighted by Gasteiger charge is -2.04. The molecule has 14 heteroatoms. The molecule has 0 amide bonds. The maximum Gasteiger partial charge on any atom is 0.303 e. The van der Waals surface area contributed by atoms with E-state index in [0.29, 0.717) is 16.6 Å². The molecule has 11 nitrogen and oxygen atoms in total. The first kappa shape index (κ1) is 23.1. The summed E-state index contributed by atoms with van der Waals surface area (Å²) in [7, 11) is -3.86. The van der Waals surface area contributed by atoms with Gasteiger partial charge in [0.1, 0.15) is 5.84 Å². The maximum absolute atomic E-state index is 10.7. The van der Waals surface area contributed by atoms with E-state index in [-0.39, 0.29) is 24.6 Å². The topological polar surface area (TPSA) is 208 Å². The van der Waals surface area contributed by atoms with Crippen molar-refractivity contribution in [3.63, 3.8) is 0 Å². The van der Waals surface area contributed by atoms with E-state index < -0.39 is 16.2 Å². The third-order valence-corrected chi connectivity index (χ3v) is 4.44. The summed E-state index contributed by atoms with van der Waals surface area (Å²) in [4.78, 5) is 13.6. The van der Waals surface area contributed by atoms with Gasteiger partial charge in [-0.25, -0.2) is 10.1 Å². The molecule has 0 bridgehead atoms. The van der Waals surface area contributed by atoms with Crippen molar-refractivity contribution in [2.75, 3.05) is 11.1 Å². The third-order valence-electron chi connectivity index (χ3n) is 2.11. The molecule has 1 rings (SSSR count). The van der Waals surface area contributed by atoms with Crippen molar-refractivity contribution >= 4 is 56.2 Å². The number of aliphatic carboxylic acids is 1. The number of anilines is 1. The zero-order chi connectivity index (χ0) is 19.5. The fraction of sp³-hybridized carbons (Fsp3) is 0.455. The highest BCUT2D eigenvalue weighted by Gasteiger charge is 2.06. The van der Waals surface area contributed by atoms with Gasteiger partial charge in [0.2, 0.25) is 0 Å². The van der Waals surface area contributed by atoms with Gasteiger partial charge in [-0.3, -0.25) is 20.3 Å². The van der Waals surface area contributed by atoms with Crippen LogP contribution in [0.2, 0.25) is 0 Å². The summed E-state index contributed by atoms with van der Waals surface area (Å²) in [6, 6.07) is 0. The Bertz CT molecular complexity index is 690.